The Morgan fingerprint density at radius 1 is 1.26 bits per heavy atom. The van der Waals surface area contributed by atoms with Crippen LogP contribution in [0, 0.1) is 6.92 Å². The molecular formula is C22H23BrN6O2. The predicted octanol–water partition coefficient (Wildman–Crippen LogP) is 4.46. The van der Waals surface area contributed by atoms with Crippen molar-refractivity contribution in [3.05, 3.63) is 69.3 Å². The third-order valence-electron chi connectivity index (χ3n) is 4.96. The summed E-state index contributed by atoms with van der Waals surface area (Å²) in [5.41, 5.74) is 3.78. The first kappa shape index (κ1) is 21.0. The SMILES string of the molecule is CCCOc1ccc(Br)cc1C1C(C(=O)Nc2cccc(C)c2)=C(C)Nc2nnnn21. The van der Waals surface area contributed by atoms with Gasteiger partial charge in [-0.15, -0.1) is 0 Å². The van der Waals surface area contributed by atoms with E-state index in [1.54, 1.807) is 4.68 Å². The summed E-state index contributed by atoms with van der Waals surface area (Å²) >= 11 is 3.55. The number of carbonyl (C=O) groups is 1. The summed E-state index contributed by atoms with van der Waals surface area (Å²) < 4.78 is 8.49. The number of benzene rings is 2. The smallest absolute Gasteiger partial charge is 0.255 e. The molecule has 1 atom stereocenters. The highest BCUT2D eigenvalue weighted by Gasteiger charge is 2.36. The van der Waals surface area contributed by atoms with Crippen molar-refractivity contribution >= 4 is 33.5 Å². The Balaban J connectivity index is 1.80. The molecule has 9 heteroatoms. The molecule has 1 aliphatic rings. The van der Waals surface area contributed by atoms with Crippen molar-refractivity contribution in [2.75, 3.05) is 17.2 Å². The molecular weight excluding hydrogens is 460 g/mol. The Hall–Kier alpha value is -3.20. The molecule has 0 spiro atoms. The summed E-state index contributed by atoms with van der Waals surface area (Å²) in [7, 11) is 0. The van der Waals surface area contributed by atoms with Crippen LogP contribution in [0.1, 0.15) is 37.4 Å². The Bertz CT molecular complexity index is 1160. The van der Waals surface area contributed by atoms with Crippen LogP contribution in [0.5, 0.6) is 5.75 Å². The summed E-state index contributed by atoms with van der Waals surface area (Å²) in [6.45, 7) is 6.45. The normalized spacial score (nSPS) is 15.3. The minimum atomic E-state index is -0.555. The number of aromatic nitrogens is 4. The van der Waals surface area contributed by atoms with Gasteiger partial charge >= 0.3 is 0 Å². The van der Waals surface area contributed by atoms with Crippen LogP contribution in [-0.4, -0.2) is 32.7 Å². The third-order valence-corrected chi connectivity index (χ3v) is 5.46. The summed E-state index contributed by atoms with van der Waals surface area (Å²) in [6, 6.07) is 12.9. The van der Waals surface area contributed by atoms with Gasteiger partial charge in [-0.1, -0.05) is 40.1 Å². The number of tetrazole rings is 1. The van der Waals surface area contributed by atoms with E-state index in [9.17, 15) is 4.79 Å². The first-order valence-electron chi connectivity index (χ1n) is 10.0. The number of rotatable bonds is 6. The first-order valence-corrected chi connectivity index (χ1v) is 10.8. The van der Waals surface area contributed by atoms with Crippen LogP contribution in [0.25, 0.3) is 0 Å². The summed E-state index contributed by atoms with van der Waals surface area (Å²) in [4.78, 5) is 13.5. The van der Waals surface area contributed by atoms with Crippen LogP contribution in [0.2, 0.25) is 0 Å². The number of aryl methyl sites for hydroxylation is 1. The second kappa shape index (κ2) is 8.89. The fourth-order valence-electron chi connectivity index (χ4n) is 3.59. The molecule has 0 radical (unpaired) electrons. The number of allylic oxidation sites excluding steroid dienone is 1. The van der Waals surface area contributed by atoms with E-state index in [1.165, 1.54) is 0 Å². The molecule has 0 bridgehead atoms. The highest BCUT2D eigenvalue weighted by atomic mass is 79.9. The van der Waals surface area contributed by atoms with Crippen molar-refractivity contribution in [2.24, 2.45) is 0 Å². The second-order valence-corrected chi connectivity index (χ2v) is 8.28. The molecule has 0 saturated heterocycles. The van der Waals surface area contributed by atoms with E-state index in [0.29, 0.717) is 29.6 Å². The number of nitrogens with one attached hydrogen (secondary N) is 2. The van der Waals surface area contributed by atoms with Gasteiger partial charge in [0, 0.05) is 21.4 Å². The zero-order valence-corrected chi connectivity index (χ0v) is 19.1. The molecule has 2 heterocycles. The summed E-state index contributed by atoms with van der Waals surface area (Å²) in [6.07, 6.45) is 0.868. The van der Waals surface area contributed by atoms with E-state index in [1.807, 2.05) is 63.2 Å². The quantitative estimate of drug-likeness (QED) is 0.538. The molecule has 1 unspecified atom stereocenters. The number of ether oxygens (including phenoxy) is 1. The van der Waals surface area contributed by atoms with E-state index in [4.69, 9.17) is 4.74 Å². The molecule has 1 amide bonds. The largest absolute Gasteiger partial charge is 0.493 e. The lowest BCUT2D eigenvalue weighted by atomic mass is 9.94. The van der Waals surface area contributed by atoms with Crippen LogP contribution in [0.15, 0.2) is 58.2 Å². The average molecular weight is 483 g/mol. The van der Waals surface area contributed by atoms with E-state index < -0.39 is 6.04 Å². The number of anilines is 2. The molecule has 0 saturated carbocycles. The van der Waals surface area contributed by atoms with Crippen molar-refractivity contribution in [1.82, 2.24) is 20.2 Å². The van der Waals surface area contributed by atoms with Crippen molar-refractivity contribution in [3.8, 4) is 5.75 Å². The summed E-state index contributed by atoms with van der Waals surface area (Å²) in [5.74, 6) is 0.922. The van der Waals surface area contributed by atoms with Crippen molar-refractivity contribution in [3.63, 3.8) is 0 Å². The van der Waals surface area contributed by atoms with Gasteiger partial charge in [0.15, 0.2) is 0 Å². The Morgan fingerprint density at radius 2 is 2.10 bits per heavy atom. The number of nitrogens with zero attached hydrogens (tertiary/aromatic N) is 4. The van der Waals surface area contributed by atoms with Crippen LogP contribution >= 0.6 is 15.9 Å². The molecule has 1 aliphatic heterocycles. The van der Waals surface area contributed by atoms with Gasteiger partial charge in [-0.25, -0.2) is 0 Å². The highest BCUT2D eigenvalue weighted by molar-refractivity contribution is 9.10. The maximum Gasteiger partial charge on any atom is 0.255 e. The van der Waals surface area contributed by atoms with E-state index >= 15 is 0 Å². The predicted molar refractivity (Wildman–Crippen MR) is 122 cm³/mol. The Kier molecular flexibility index (Phi) is 6.03. The lowest BCUT2D eigenvalue weighted by molar-refractivity contribution is -0.113. The van der Waals surface area contributed by atoms with E-state index in [0.717, 1.165) is 27.7 Å². The molecule has 2 N–H and O–H groups in total. The first-order chi connectivity index (χ1) is 15.0. The fourth-order valence-corrected chi connectivity index (χ4v) is 3.97. The zero-order valence-electron chi connectivity index (χ0n) is 17.5. The van der Waals surface area contributed by atoms with Gasteiger partial charge < -0.3 is 15.4 Å². The number of hydrogen-bond acceptors (Lipinski definition) is 6. The van der Waals surface area contributed by atoms with Gasteiger partial charge in [-0.2, -0.15) is 4.68 Å². The molecule has 1 aromatic heterocycles. The minimum Gasteiger partial charge on any atom is -0.493 e. The molecule has 2 aromatic carbocycles. The molecule has 4 rings (SSSR count). The standard InChI is InChI=1S/C22H23BrN6O2/c1-4-10-31-18-9-8-15(23)12-17(18)20-19(14(3)24-22-26-27-28-29(20)22)21(30)25-16-7-5-6-13(2)11-16/h5-9,11-12,20H,4,10H2,1-3H3,(H,25,30)(H,24,26,28). The van der Waals surface area contributed by atoms with Crippen molar-refractivity contribution < 1.29 is 9.53 Å². The van der Waals surface area contributed by atoms with Gasteiger partial charge in [-0.3, -0.25) is 4.79 Å². The van der Waals surface area contributed by atoms with Gasteiger partial charge in [-0.05, 0) is 66.6 Å². The van der Waals surface area contributed by atoms with E-state index in [2.05, 4.69) is 42.1 Å². The topological polar surface area (TPSA) is 94.0 Å². The molecule has 31 heavy (non-hydrogen) atoms. The Labute approximate surface area is 188 Å². The molecule has 160 valence electrons. The van der Waals surface area contributed by atoms with Gasteiger partial charge in [0.1, 0.15) is 11.8 Å². The fraction of sp³-hybridized carbons (Fsp3) is 0.273. The number of halogens is 1. The second-order valence-electron chi connectivity index (χ2n) is 7.37. The van der Waals surface area contributed by atoms with Crippen LogP contribution in [-0.2, 0) is 4.79 Å². The van der Waals surface area contributed by atoms with Crippen LogP contribution in [0.3, 0.4) is 0 Å². The molecule has 8 nitrogen and oxygen atoms in total. The van der Waals surface area contributed by atoms with Crippen LogP contribution in [0.4, 0.5) is 11.6 Å². The van der Waals surface area contributed by atoms with Crippen molar-refractivity contribution in [2.45, 2.75) is 33.2 Å². The maximum absolute atomic E-state index is 13.5. The molecule has 0 fully saturated rings. The van der Waals surface area contributed by atoms with E-state index in [-0.39, 0.29) is 5.91 Å². The third kappa shape index (κ3) is 4.32. The molecule has 0 aliphatic carbocycles. The van der Waals surface area contributed by atoms with Gasteiger partial charge in [0.25, 0.3) is 5.91 Å². The average Bonchev–Trinajstić information content (AvgIpc) is 3.19. The number of carbonyl (C=O) groups excluding carboxylic acids is 1. The number of hydrogen-bond donors (Lipinski definition) is 2. The summed E-state index contributed by atoms with van der Waals surface area (Å²) in [5, 5.41) is 18.2. The van der Waals surface area contributed by atoms with Crippen LogP contribution < -0.4 is 15.4 Å². The van der Waals surface area contributed by atoms with Gasteiger partial charge in [0.2, 0.25) is 5.95 Å². The monoisotopic (exact) mass is 482 g/mol. The number of fused-ring (bicyclic) bond motifs is 1. The highest BCUT2D eigenvalue weighted by Crippen LogP contribution is 2.40. The van der Waals surface area contributed by atoms with Crippen molar-refractivity contribution in [1.29, 1.82) is 0 Å². The lowest BCUT2D eigenvalue weighted by Gasteiger charge is -2.29. The van der Waals surface area contributed by atoms with Gasteiger partial charge in [0.05, 0.1) is 12.2 Å². The Morgan fingerprint density at radius 3 is 2.87 bits per heavy atom. The lowest BCUT2D eigenvalue weighted by Crippen LogP contribution is -2.32. The zero-order chi connectivity index (χ0) is 22.0. The number of amides is 1. The molecule has 3 aromatic rings. The maximum atomic E-state index is 13.5. The minimum absolute atomic E-state index is 0.233.